The van der Waals surface area contributed by atoms with Crippen LogP contribution in [0.15, 0.2) is 4.52 Å². The highest BCUT2D eigenvalue weighted by atomic mass is 16.5. The van der Waals surface area contributed by atoms with E-state index in [2.05, 4.69) is 15.5 Å². The van der Waals surface area contributed by atoms with Gasteiger partial charge in [0, 0.05) is 32.0 Å². The predicted octanol–water partition coefficient (Wildman–Crippen LogP) is 2.00. The van der Waals surface area contributed by atoms with Crippen LogP contribution in [0.2, 0.25) is 0 Å². The number of hydrogen-bond donors (Lipinski definition) is 1. The van der Waals surface area contributed by atoms with Crippen LogP contribution >= 0.6 is 0 Å². The van der Waals surface area contributed by atoms with E-state index in [-0.39, 0.29) is 6.04 Å². The quantitative estimate of drug-likeness (QED) is 0.903. The van der Waals surface area contributed by atoms with Crippen LogP contribution in [0.3, 0.4) is 0 Å². The SMILES string of the molecule is Cc1nc(C2CCN(C(=O)[C@@H]3C[C@H]4CCCC[C@@H]4N3)CC2)no1. The van der Waals surface area contributed by atoms with Gasteiger partial charge in [-0.15, -0.1) is 0 Å². The molecule has 6 heteroatoms. The molecule has 3 aliphatic rings. The van der Waals surface area contributed by atoms with Crippen LogP contribution in [0.4, 0.5) is 0 Å². The summed E-state index contributed by atoms with van der Waals surface area (Å²) >= 11 is 0. The van der Waals surface area contributed by atoms with Crippen molar-refractivity contribution < 1.29 is 9.32 Å². The third-order valence-electron chi connectivity index (χ3n) is 5.88. The van der Waals surface area contributed by atoms with Crippen molar-refractivity contribution in [2.45, 2.75) is 69.9 Å². The standard InChI is InChI=1S/C17H26N4O2/c1-11-18-16(20-23-11)12-6-8-21(9-7-12)17(22)15-10-13-4-2-3-5-14(13)19-15/h12-15,19H,2-10H2,1H3/t13-,14+,15+/m1/s1. The fraction of sp³-hybridized carbons (Fsp3) is 0.824. The van der Waals surface area contributed by atoms with Crippen molar-refractivity contribution in [1.29, 1.82) is 0 Å². The third-order valence-corrected chi connectivity index (χ3v) is 5.88. The first kappa shape index (κ1) is 15.1. The minimum atomic E-state index is 0.0482. The zero-order valence-electron chi connectivity index (χ0n) is 13.8. The van der Waals surface area contributed by atoms with E-state index in [1.807, 2.05) is 11.8 Å². The molecule has 1 aromatic heterocycles. The molecule has 0 bridgehead atoms. The van der Waals surface area contributed by atoms with Crippen LogP contribution in [0, 0.1) is 12.8 Å². The van der Waals surface area contributed by atoms with E-state index in [1.54, 1.807) is 0 Å². The van der Waals surface area contributed by atoms with Crippen LogP contribution in [0.25, 0.3) is 0 Å². The third kappa shape index (κ3) is 3.01. The smallest absolute Gasteiger partial charge is 0.239 e. The summed E-state index contributed by atoms with van der Waals surface area (Å²) in [6, 6.07) is 0.629. The van der Waals surface area contributed by atoms with Crippen molar-refractivity contribution in [3.8, 4) is 0 Å². The van der Waals surface area contributed by atoms with Gasteiger partial charge in [-0.3, -0.25) is 4.79 Å². The average molecular weight is 318 g/mol. The van der Waals surface area contributed by atoms with E-state index >= 15 is 0 Å². The first-order chi connectivity index (χ1) is 11.2. The van der Waals surface area contributed by atoms with E-state index in [1.165, 1.54) is 25.7 Å². The zero-order chi connectivity index (χ0) is 15.8. The number of fused-ring (bicyclic) bond motifs is 1. The molecule has 1 amide bonds. The molecule has 0 aromatic carbocycles. The average Bonchev–Trinajstić information content (AvgIpc) is 3.20. The Morgan fingerprint density at radius 3 is 2.70 bits per heavy atom. The van der Waals surface area contributed by atoms with Crippen molar-refractivity contribution >= 4 is 5.91 Å². The Morgan fingerprint density at radius 2 is 2.00 bits per heavy atom. The molecule has 4 rings (SSSR count). The van der Waals surface area contributed by atoms with Gasteiger partial charge in [-0.25, -0.2) is 0 Å². The molecular formula is C17H26N4O2. The molecule has 0 radical (unpaired) electrons. The molecule has 3 heterocycles. The summed E-state index contributed by atoms with van der Waals surface area (Å²) < 4.78 is 5.08. The van der Waals surface area contributed by atoms with Crippen molar-refractivity contribution in [3.05, 3.63) is 11.7 Å². The summed E-state index contributed by atoms with van der Waals surface area (Å²) in [5, 5.41) is 7.64. The minimum absolute atomic E-state index is 0.0482. The van der Waals surface area contributed by atoms with Gasteiger partial charge in [-0.2, -0.15) is 4.98 Å². The van der Waals surface area contributed by atoms with Gasteiger partial charge in [-0.05, 0) is 38.0 Å². The molecule has 3 fully saturated rings. The summed E-state index contributed by atoms with van der Waals surface area (Å²) in [5.74, 6) is 2.78. The Kier molecular flexibility index (Phi) is 4.09. The molecule has 0 spiro atoms. The van der Waals surface area contributed by atoms with Crippen molar-refractivity contribution in [2.24, 2.45) is 5.92 Å². The molecule has 0 unspecified atom stereocenters. The van der Waals surface area contributed by atoms with Gasteiger partial charge in [0.2, 0.25) is 11.8 Å². The number of rotatable bonds is 2. The van der Waals surface area contributed by atoms with Crippen LogP contribution in [0.1, 0.15) is 62.6 Å². The Labute approximate surface area is 137 Å². The number of nitrogens with zero attached hydrogens (tertiary/aromatic N) is 3. The number of carbonyl (C=O) groups excluding carboxylic acids is 1. The maximum absolute atomic E-state index is 12.8. The number of piperidine rings is 1. The van der Waals surface area contributed by atoms with Crippen molar-refractivity contribution in [3.63, 3.8) is 0 Å². The van der Waals surface area contributed by atoms with Gasteiger partial charge in [-0.1, -0.05) is 18.0 Å². The summed E-state index contributed by atoms with van der Waals surface area (Å²) in [4.78, 5) is 19.2. The van der Waals surface area contributed by atoms with Crippen LogP contribution in [-0.4, -0.2) is 46.1 Å². The molecule has 1 aliphatic carbocycles. The number of nitrogens with one attached hydrogen (secondary N) is 1. The highest BCUT2D eigenvalue weighted by Crippen LogP contribution is 2.34. The lowest BCUT2D eigenvalue weighted by molar-refractivity contribution is -0.134. The Hall–Kier alpha value is -1.43. The maximum Gasteiger partial charge on any atom is 0.239 e. The lowest BCUT2D eigenvalue weighted by Crippen LogP contribution is -2.48. The molecule has 2 saturated heterocycles. The Balaban J connectivity index is 1.32. The first-order valence-corrected chi connectivity index (χ1v) is 9.06. The molecule has 23 heavy (non-hydrogen) atoms. The van der Waals surface area contributed by atoms with E-state index in [4.69, 9.17) is 4.52 Å². The molecule has 2 aliphatic heterocycles. The van der Waals surface area contributed by atoms with Crippen LogP contribution in [0.5, 0.6) is 0 Å². The minimum Gasteiger partial charge on any atom is -0.341 e. The normalized spacial score (nSPS) is 32.0. The fourth-order valence-corrected chi connectivity index (χ4v) is 4.57. The van der Waals surface area contributed by atoms with Gasteiger partial charge in [0.15, 0.2) is 5.82 Å². The summed E-state index contributed by atoms with van der Waals surface area (Å²) in [6.07, 6.45) is 8.08. The topological polar surface area (TPSA) is 71.3 Å². The van der Waals surface area contributed by atoms with Crippen LogP contribution < -0.4 is 5.32 Å². The molecule has 6 nitrogen and oxygen atoms in total. The summed E-state index contributed by atoms with van der Waals surface area (Å²) in [7, 11) is 0. The van der Waals surface area contributed by atoms with Crippen LogP contribution in [-0.2, 0) is 4.79 Å². The van der Waals surface area contributed by atoms with Gasteiger partial charge in [0.05, 0.1) is 6.04 Å². The predicted molar refractivity (Wildman–Crippen MR) is 84.9 cm³/mol. The zero-order valence-corrected chi connectivity index (χ0v) is 13.8. The van der Waals surface area contributed by atoms with Gasteiger partial charge in [0.1, 0.15) is 0 Å². The maximum atomic E-state index is 12.8. The first-order valence-electron chi connectivity index (χ1n) is 9.06. The molecule has 1 saturated carbocycles. The fourth-order valence-electron chi connectivity index (χ4n) is 4.57. The number of aryl methyl sites for hydroxylation is 1. The second-order valence-corrected chi connectivity index (χ2v) is 7.38. The van der Waals surface area contributed by atoms with E-state index in [0.717, 1.165) is 44.1 Å². The van der Waals surface area contributed by atoms with E-state index < -0.39 is 0 Å². The molecular weight excluding hydrogens is 292 g/mol. The van der Waals surface area contributed by atoms with E-state index in [9.17, 15) is 4.79 Å². The second-order valence-electron chi connectivity index (χ2n) is 7.38. The Bertz CT molecular complexity index is 551. The molecule has 126 valence electrons. The number of amides is 1. The highest BCUT2D eigenvalue weighted by molar-refractivity contribution is 5.82. The molecule has 1 aromatic rings. The van der Waals surface area contributed by atoms with Gasteiger partial charge in [0.25, 0.3) is 0 Å². The number of aromatic nitrogens is 2. The highest BCUT2D eigenvalue weighted by Gasteiger charge is 2.40. The molecule has 3 atom stereocenters. The lowest BCUT2D eigenvalue weighted by atomic mass is 9.85. The monoisotopic (exact) mass is 318 g/mol. The summed E-state index contributed by atoms with van der Waals surface area (Å²) in [6.45, 7) is 3.44. The summed E-state index contributed by atoms with van der Waals surface area (Å²) in [5.41, 5.74) is 0. The van der Waals surface area contributed by atoms with E-state index in [0.29, 0.717) is 23.8 Å². The number of carbonyl (C=O) groups is 1. The van der Waals surface area contributed by atoms with Gasteiger partial charge >= 0.3 is 0 Å². The lowest BCUT2D eigenvalue weighted by Gasteiger charge is -2.32. The number of likely N-dealkylation sites (tertiary alicyclic amines) is 1. The second kappa shape index (κ2) is 6.23. The van der Waals surface area contributed by atoms with Crippen molar-refractivity contribution in [1.82, 2.24) is 20.4 Å². The Morgan fingerprint density at radius 1 is 1.22 bits per heavy atom. The van der Waals surface area contributed by atoms with Crippen molar-refractivity contribution in [2.75, 3.05) is 13.1 Å². The largest absolute Gasteiger partial charge is 0.341 e. The number of hydrogen-bond acceptors (Lipinski definition) is 5. The van der Waals surface area contributed by atoms with Gasteiger partial charge < -0.3 is 14.7 Å². The molecule has 1 N–H and O–H groups in total.